The van der Waals surface area contributed by atoms with Crippen molar-refractivity contribution in [2.24, 2.45) is 0 Å². The largest absolute Gasteiger partial charge is 0.467 e. The molecule has 36 heavy (non-hydrogen) atoms. The Morgan fingerprint density at radius 2 is 1.94 bits per heavy atom. The van der Waals surface area contributed by atoms with Gasteiger partial charge in [-0.05, 0) is 98.9 Å². The van der Waals surface area contributed by atoms with Crippen molar-refractivity contribution >= 4 is 23.6 Å². The summed E-state index contributed by atoms with van der Waals surface area (Å²) >= 11 is 1.64. The molecule has 1 amide bonds. The fraction of sp³-hybridized carbons (Fsp3) is 0.467. The van der Waals surface area contributed by atoms with Crippen LogP contribution in [0.3, 0.4) is 0 Å². The van der Waals surface area contributed by atoms with Crippen molar-refractivity contribution in [2.45, 2.75) is 58.0 Å². The predicted molar refractivity (Wildman–Crippen MR) is 150 cm³/mol. The standard InChI is InChI=1S/C30H40N2O3S/c1-22-10-8-9-13-25(22)27-20-24(21-32(2)18-16-23-11-6-5-7-12-23)14-15-26(27)29(33)31-28(17-19-36-4)30(34)35-3/h8-11,13-15,20,28H,5-7,12,16-19,21H2,1-4H3,(H,31,33). The third kappa shape index (κ3) is 7.97. The summed E-state index contributed by atoms with van der Waals surface area (Å²) in [6.45, 7) is 3.89. The number of nitrogens with one attached hydrogen (secondary N) is 1. The van der Waals surface area contributed by atoms with Gasteiger partial charge in [-0.15, -0.1) is 0 Å². The summed E-state index contributed by atoms with van der Waals surface area (Å²) in [6, 6.07) is 13.5. The molecule has 6 heteroatoms. The van der Waals surface area contributed by atoms with E-state index in [1.165, 1.54) is 32.8 Å². The molecule has 0 heterocycles. The molecule has 0 aromatic heterocycles. The number of ether oxygens (including phenoxy) is 1. The molecule has 0 saturated carbocycles. The van der Waals surface area contributed by atoms with Gasteiger partial charge < -0.3 is 15.0 Å². The maximum Gasteiger partial charge on any atom is 0.328 e. The first-order valence-electron chi connectivity index (χ1n) is 12.9. The first-order valence-corrected chi connectivity index (χ1v) is 14.2. The molecule has 0 bridgehead atoms. The molecule has 5 nitrogen and oxygen atoms in total. The van der Waals surface area contributed by atoms with E-state index in [0.29, 0.717) is 12.0 Å². The second kappa shape index (κ2) is 14.2. The number of carbonyl (C=O) groups is 2. The number of hydrogen-bond donors (Lipinski definition) is 1. The second-order valence-corrected chi connectivity index (χ2v) is 10.6. The Morgan fingerprint density at radius 1 is 1.14 bits per heavy atom. The van der Waals surface area contributed by atoms with Gasteiger partial charge in [0, 0.05) is 18.7 Å². The first kappa shape index (κ1) is 28.0. The predicted octanol–water partition coefficient (Wildman–Crippen LogP) is 6.01. The van der Waals surface area contributed by atoms with Gasteiger partial charge in [0.15, 0.2) is 0 Å². The van der Waals surface area contributed by atoms with Gasteiger partial charge in [-0.3, -0.25) is 4.79 Å². The molecule has 2 aromatic rings. The average Bonchev–Trinajstić information content (AvgIpc) is 2.90. The van der Waals surface area contributed by atoms with Gasteiger partial charge in [0.25, 0.3) is 5.91 Å². The number of aryl methyl sites for hydroxylation is 1. The summed E-state index contributed by atoms with van der Waals surface area (Å²) in [7, 11) is 3.51. The first-order chi connectivity index (χ1) is 17.4. The zero-order valence-corrected chi connectivity index (χ0v) is 23.0. The number of rotatable bonds is 12. The van der Waals surface area contributed by atoms with Crippen molar-refractivity contribution < 1.29 is 14.3 Å². The lowest BCUT2D eigenvalue weighted by Crippen LogP contribution is -2.42. The monoisotopic (exact) mass is 508 g/mol. The van der Waals surface area contributed by atoms with Crippen LogP contribution in [0.4, 0.5) is 0 Å². The van der Waals surface area contributed by atoms with Crippen molar-refractivity contribution in [2.75, 3.05) is 32.7 Å². The molecule has 0 spiro atoms. The zero-order chi connectivity index (χ0) is 25.9. The summed E-state index contributed by atoms with van der Waals surface area (Å²) in [5.74, 6) is 0.0856. The van der Waals surface area contributed by atoms with Crippen molar-refractivity contribution in [3.8, 4) is 11.1 Å². The number of methoxy groups -OCH3 is 1. The van der Waals surface area contributed by atoms with Crippen LogP contribution in [0, 0.1) is 6.92 Å². The topological polar surface area (TPSA) is 58.6 Å². The maximum atomic E-state index is 13.4. The van der Waals surface area contributed by atoms with Gasteiger partial charge in [-0.1, -0.05) is 42.0 Å². The minimum Gasteiger partial charge on any atom is -0.467 e. The van der Waals surface area contributed by atoms with Crippen molar-refractivity contribution in [1.82, 2.24) is 10.2 Å². The normalized spacial score (nSPS) is 14.3. The lowest BCUT2D eigenvalue weighted by Gasteiger charge is -2.21. The Balaban J connectivity index is 1.82. The highest BCUT2D eigenvalue weighted by Gasteiger charge is 2.24. The van der Waals surface area contributed by atoms with Crippen LogP contribution < -0.4 is 5.32 Å². The molecule has 1 atom stereocenters. The SMILES string of the molecule is COC(=O)C(CCSC)NC(=O)c1ccc(CN(C)CCC2=CCCCC2)cc1-c1ccccc1C. The minimum atomic E-state index is -0.667. The van der Waals surface area contributed by atoms with Gasteiger partial charge in [0.05, 0.1) is 7.11 Å². The highest BCUT2D eigenvalue weighted by Crippen LogP contribution is 2.29. The van der Waals surface area contributed by atoms with Crippen LogP contribution in [0.2, 0.25) is 0 Å². The lowest BCUT2D eigenvalue weighted by atomic mass is 9.93. The minimum absolute atomic E-state index is 0.256. The van der Waals surface area contributed by atoms with Crippen LogP contribution in [0.15, 0.2) is 54.1 Å². The van der Waals surface area contributed by atoms with Gasteiger partial charge in [0.2, 0.25) is 0 Å². The molecule has 0 saturated heterocycles. The zero-order valence-electron chi connectivity index (χ0n) is 22.1. The van der Waals surface area contributed by atoms with E-state index >= 15 is 0 Å². The van der Waals surface area contributed by atoms with Crippen molar-refractivity contribution in [3.63, 3.8) is 0 Å². The highest BCUT2D eigenvalue weighted by atomic mass is 32.2. The fourth-order valence-electron chi connectivity index (χ4n) is 4.71. The van der Waals surface area contributed by atoms with E-state index in [4.69, 9.17) is 4.74 Å². The van der Waals surface area contributed by atoms with Gasteiger partial charge in [-0.25, -0.2) is 4.79 Å². The van der Waals surface area contributed by atoms with Gasteiger partial charge in [0.1, 0.15) is 6.04 Å². The van der Waals surface area contributed by atoms with Crippen LogP contribution >= 0.6 is 11.8 Å². The molecule has 1 unspecified atom stereocenters. The molecular weight excluding hydrogens is 468 g/mol. The number of nitrogens with zero attached hydrogens (tertiary/aromatic N) is 1. The molecule has 0 fully saturated rings. The summed E-state index contributed by atoms with van der Waals surface area (Å²) in [6.07, 6.45) is 11.1. The summed E-state index contributed by atoms with van der Waals surface area (Å²) in [5.41, 5.74) is 6.34. The fourth-order valence-corrected chi connectivity index (χ4v) is 5.18. The van der Waals surface area contributed by atoms with Gasteiger partial charge in [-0.2, -0.15) is 11.8 Å². The summed E-state index contributed by atoms with van der Waals surface area (Å²) < 4.78 is 4.94. The number of carbonyl (C=O) groups excluding carboxylic acids is 2. The Morgan fingerprint density at radius 3 is 2.64 bits per heavy atom. The Bertz CT molecular complexity index is 1070. The van der Waals surface area contributed by atoms with Crippen LogP contribution in [-0.2, 0) is 16.1 Å². The number of esters is 1. The van der Waals surface area contributed by atoms with Crippen LogP contribution in [0.1, 0.15) is 60.0 Å². The summed E-state index contributed by atoms with van der Waals surface area (Å²) in [4.78, 5) is 28.1. The Kier molecular flexibility index (Phi) is 11.1. The number of amides is 1. The van der Waals surface area contributed by atoms with E-state index in [-0.39, 0.29) is 5.91 Å². The lowest BCUT2D eigenvalue weighted by molar-refractivity contribution is -0.142. The maximum absolute atomic E-state index is 13.4. The second-order valence-electron chi connectivity index (χ2n) is 9.62. The van der Waals surface area contributed by atoms with Crippen molar-refractivity contribution in [3.05, 3.63) is 70.8 Å². The number of thioether (sulfide) groups is 1. The van der Waals surface area contributed by atoms with Crippen LogP contribution in [0.5, 0.6) is 0 Å². The molecular formula is C30H40N2O3S. The number of benzene rings is 2. The Hall–Kier alpha value is -2.57. The highest BCUT2D eigenvalue weighted by molar-refractivity contribution is 7.98. The molecule has 3 rings (SSSR count). The molecule has 1 aliphatic carbocycles. The van der Waals surface area contributed by atoms with Crippen LogP contribution in [-0.4, -0.2) is 55.5 Å². The molecule has 1 aliphatic rings. The third-order valence-electron chi connectivity index (χ3n) is 6.82. The summed E-state index contributed by atoms with van der Waals surface area (Å²) in [5, 5.41) is 2.92. The quantitative estimate of drug-likeness (QED) is 0.281. The number of hydrogen-bond acceptors (Lipinski definition) is 5. The molecule has 0 radical (unpaired) electrons. The van der Waals surface area contributed by atoms with E-state index < -0.39 is 12.0 Å². The van der Waals surface area contributed by atoms with E-state index in [9.17, 15) is 9.59 Å². The van der Waals surface area contributed by atoms with E-state index in [1.54, 1.807) is 17.3 Å². The van der Waals surface area contributed by atoms with E-state index in [2.05, 4.69) is 48.5 Å². The smallest absolute Gasteiger partial charge is 0.328 e. The third-order valence-corrected chi connectivity index (χ3v) is 7.46. The van der Waals surface area contributed by atoms with E-state index in [0.717, 1.165) is 47.5 Å². The van der Waals surface area contributed by atoms with Crippen LogP contribution in [0.25, 0.3) is 11.1 Å². The molecule has 0 aliphatic heterocycles. The number of allylic oxidation sites excluding steroid dienone is 1. The molecule has 194 valence electrons. The molecule has 2 aromatic carbocycles. The molecule has 1 N–H and O–H groups in total. The average molecular weight is 509 g/mol. The van der Waals surface area contributed by atoms with Crippen molar-refractivity contribution in [1.29, 1.82) is 0 Å². The van der Waals surface area contributed by atoms with E-state index in [1.807, 2.05) is 30.5 Å². The Labute approximate surface area is 220 Å². The van der Waals surface area contributed by atoms with Gasteiger partial charge >= 0.3 is 5.97 Å².